The van der Waals surface area contributed by atoms with Gasteiger partial charge in [0.2, 0.25) is 0 Å². The van der Waals surface area contributed by atoms with Crippen LogP contribution in [0.15, 0.2) is 85.1 Å². The van der Waals surface area contributed by atoms with Crippen LogP contribution in [0.25, 0.3) is 11.3 Å². The molecular weight excluding hydrogens is 377 g/mol. The van der Waals surface area contributed by atoms with Gasteiger partial charge in [-0.15, -0.1) is 0 Å². The number of amides is 1. The molecule has 0 aliphatic rings. The van der Waals surface area contributed by atoms with E-state index in [9.17, 15) is 9.18 Å². The molecule has 0 atom stereocenters. The molecule has 0 aliphatic carbocycles. The Morgan fingerprint density at radius 3 is 2.40 bits per heavy atom. The van der Waals surface area contributed by atoms with Gasteiger partial charge in [-0.2, -0.15) is 5.10 Å². The Morgan fingerprint density at radius 1 is 0.967 bits per heavy atom. The van der Waals surface area contributed by atoms with Gasteiger partial charge >= 0.3 is 0 Å². The highest BCUT2D eigenvalue weighted by atomic mass is 19.1. The van der Waals surface area contributed by atoms with Crippen molar-refractivity contribution in [3.8, 4) is 11.3 Å². The van der Waals surface area contributed by atoms with Crippen LogP contribution in [0.2, 0.25) is 0 Å². The van der Waals surface area contributed by atoms with Crippen molar-refractivity contribution in [1.82, 2.24) is 15.1 Å². The number of carbonyl (C=O) groups is 1. The smallest absolute Gasteiger partial charge is 0.255 e. The molecule has 4 rings (SSSR count). The molecule has 0 saturated carbocycles. The average molecular weight is 399 g/mol. The topological polar surface area (TPSA) is 46.9 Å². The molecule has 0 fully saturated rings. The fourth-order valence-corrected chi connectivity index (χ4v) is 3.28. The molecule has 30 heavy (non-hydrogen) atoms. The van der Waals surface area contributed by atoms with E-state index >= 15 is 0 Å². The Labute approximate surface area is 175 Å². The number of aryl methyl sites for hydroxylation is 1. The van der Waals surface area contributed by atoms with E-state index in [0.29, 0.717) is 23.4 Å². The number of carbonyl (C=O) groups excluding carboxylic acids is 1. The predicted molar refractivity (Wildman–Crippen MR) is 116 cm³/mol. The monoisotopic (exact) mass is 399 g/mol. The average Bonchev–Trinajstić information content (AvgIpc) is 3.18. The summed E-state index contributed by atoms with van der Waals surface area (Å²) in [6.07, 6.45) is 1.75. The fourth-order valence-electron chi connectivity index (χ4n) is 3.28. The number of hydrogen-bond donors (Lipinski definition) is 1. The zero-order chi connectivity index (χ0) is 20.9. The van der Waals surface area contributed by atoms with E-state index in [0.717, 1.165) is 16.7 Å². The van der Waals surface area contributed by atoms with Crippen molar-refractivity contribution in [3.05, 3.63) is 113 Å². The third-order valence-corrected chi connectivity index (χ3v) is 4.92. The van der Waals surface area contributed by atoms with Gasteiger partial charge in [-0.3, -0.25) is 9.48 Å². The maximum Gasteiger partial charge on any atom is 0.255 e. The number of benzene rings is 3. The highest BCUT2D eigenvalue weighted by Crippen LogP contribution is 2.23. The van der Waals surface area contributed by atoms with Crippen molar-refractivity contribution in [2.75, 3.05) is 0 Å². The van der Waals surface area contributed by atoms with Crippen LogP contribution >= 0.6 is 0 Å². The second kappa shape index (κ2) is 8.74. The molecule has 150 valence electrons. The first kappa shape index (κ1) is 19.6. The Morgan fingerprint density at radius 2 is 1.67 bits per heavy atom. The minimum atomic E-state index is -0.337. The first-order valence-electron chi connectivity index (χ1n) is 9.80. The Balaban J connectivity index is 1.63. The van der Waals surface area contributed by atoms with Crippen molar-refractivity contribution in [1.29, 1.82) is 0 Å². The second-order valence-corrected chi connectivity index (χ2v) is 7.21. The van der Waals surface area contributed by atoms with Gasteiger partial charge in [0.25, 0.3) is 5.91 Å². The molecule has 0 saturated heterocycles. The standard InChI is InChI=1S/C25H22FN3O/c1-18-11-13-20(14-12-18)24-22(17-29(28-24)16-19-7-3-2-4-8-19)25(30)27-15-21-9-5-6-10-23(21)26/h2-14,17H,15-16H2,1H3,(H,27,30). The molecule has 0 unspecified atom stereocenters. The van der Waals surface area contributed by atoms with E-state index in [4.69, 9.17) is 0 Å². The minimum absolute atomic E-state index is 0.114. The van der Waals surface area contributed by atoms with E-state index in [1.165, 1.54) is 6.07 Å². The molecule has 0 bridgehead atoms. The van der Waals surface area contributed by atoms with Gasteiger partial charge in [0.05, 0.1) is 12.1 Å². The fraction of sp³-hybridized carbons (Fsp3) is 0.120. The van der Waals surface area contributed by atoms with Crippen LogP contribution in [0.5, 0.6) is 0 Å². The second-order valence-electron chi connectivity index (χ2n) is 7.21. The summed E-state index contributed by atoms with van der Waals surface area (Å²) in [5.41, 5.74) is 4.60. The summed E-state index contributed by atoms with van der Waals surface area (Å²) >= 11 is 0. The Kier molecular flexibility index (Phi) is 5.70. The van der Waals surface area contributed by atoms with E-state index in [-0.39, 0.29) is 18.3 Å². The maximum absolute atomic E-state index is 13.9. The summed E-state index contributed by atoms with van der Waals surface area (Å²) in [7, 11) is 0. The van der Waals surface area contributed by atoms with Crippen LogP contribution in [0.3, 0.4) is 0 Å². The van der Waals surface area contributed by atoms with Gasteiger partial charge < -0.3 is 5.32 Å². The zero-order valence-electron chi connectivity index (χ0n) is 16.7. The van der Waals surface area contributed by atoms with Crippen molar-refractivity contribution in [2.24, 2.45) is 0 Å². The van der Waals surface area contributed by atoms with Gasteiger partial charge in [-0.05, 0) is 18.6 Å². The number of rotatable bonds is 6. The van der Waals surface area contributed by atoms with Crippen molar-refractivity contribution in [2.45, 2.75) is 20.0 Å². The van der Waals surface area contributed by atoms with Crippen molar-refractivity contribution < 1.29 is 9.18 Å². The van der Waals surface area contributed by atoms with Crippen LogP contribution < -0.4 is 5.32 Å². The number of halogens is 1. The summed E-state index contributed by atoms with van der Waals surface area (Å²) in [6.45, 7) is 2.68. The third-order valence-electron chi connectivity index (χ3n) is 4.92. The summed E-state index contributed by atoms with van der Waals surface area (Å²) < 4.78 is 15.7. The molecule has 3 aromatic carbocycles. The van der Waals surface area contributed by atoms with Crippen LogP contribution in [-0.4, -0.2) is 15.7 Å². The largest absolute Gasteiger partial charge is 0.348 e. The summed E-state index contributed by atoms with van der Waals surface area (Å²) in [6, 6.07) is 24.3. The quantitative estimate of drug-likeness (QED) is 0.497. The van der Waals surface area contributed by atoms with Gasteiger partial charge in [0.1, 0.15) is 11.5 Å². The molecule has 1 aromatic heterocycles. The third kappa shape index (κ3) is 4.46. The summed E-state index contributed by atoms with van der Waals surface area (Å²) in [5.74, 6) is -0.621. The predicted octanol–water partition coefficient (Wildman–Crippen LogP) is 4.98. The van der Waals surface area contributed by atoms with E-state index in [1.54, 1.807) is 29.1 Å². The van der Waals surface area contributed by atoms with E-state index in [2.05, 4.69) is 10.4 Å². The lowest BCUT2D eigenvalue weighted by Crippen LogP contribution is -2.23. The van der Waals surface area contributed by atoms with Crippen molar-refractivity contribution in [3.63, 3.8) is 0 Å². The molecule has 0 aliphatic heterocycles. The molecule has 0 spiro atoms. The molecule has 1 N–H and O–H groups in total. The molecule has 1 heterocycles. The van der Waals surface area contributed by atoms with Crippen LogP contribution in [0.4, 0.5) is 4.39 Å². The normalized spacial score (nSPS) is 10.7. The molecule has 5 heteroatoms. The van der Waals surface area contributed by atoms with Crippen molar-refractivity contribution >= 4 is 5.91 Å². The Hall–Kier alpha value is -3.73. The summed E-state index contributed by atoms with van der Waals surface area (Å²) in [5, 5.41) is 7.50. The molecule has 4 aromatic rings. The molecule has 1 amide bonds. The zero-order valence-corrected chi connectivity index (χ0v) is 16.7. The lowest BCUT2D eigenvalue weighted by atomic mass is 10.1. The SMILES string of the molecule is Cc1ccc(-c2nn(Cc3ccccc3)cc2C(=O)NCc2ccccc2F)cc1. The summed E-state index contributed by atoms with van der Waals surface area (Å²) in [4.78, 5) is 13.0. The number of hydrogen-bond acceptors (Lipinski definition) is 2. The lowest BCUT2D eigenvalue weighted by Gasteiger charge is -2.07. The van der Waals surface area contributed by atoms with E-state index < -0.39 is 0 Å². The number of aromatic nitrogens is 2. The van der Waals surface area contributed by atoms with E-state index in [1.807, 2.05) is 61.5 Å². The lowest BCUT2D eigenvalue weighted by molar-refractivity contribution is 0.0951. The van der Waals surface area contributed by atoms with Gasteiger partial charge in [-0.25, -0.2) is 4.39 Å². The molecule has 4 nitrogen and oxygen atoms in total. The first-order chi connectivity index (χ1) is 14.6. The van der Waals surface area contributed by atoms with Gasteiger partial charge in [0.15, 0.2) is 0 Å². The highest BCUT2D eigenvalue weighted by molar-refractivity contribution is 5.99. The maximum atomic E-state index is 13.9. The van der Waals surface area contributed by atoms with Crippen LogP contribution in [-0.2, 0) is 13.1 Å². The van der Waals surface area contributed by atoms with Crippen LogP contribution in [0, 0.1) is 12.7 Å². The number of nitrogens with zero attached hydrogens (tertiary/aromatic N) is 2. The number of nitrogens with one attached hydrogen (secondary N) is 1. The minimum Gasteiger partial charge on any atom is -0.348 e. The highest BCUT2D eigenvalue weighted by Gasteiger charge is 2.18. The van der Waals surface area contributed by atoms with Gasteiger partial charge in [0, 0.05) is 23.9 Å². The Bertz CT molecular complexity index is 1150. The first-order valence-corrected chi connectivity index (χ1v) is 9.80. The molecular formula is C25H22FN3O. The van der Waals surface area contributed by atoms with Crippen LogP contribution in [0.1, 0.15) is 27.0 Å². The van der Waals surface area contributed by atoms with Gasteiger partial charge in [-0.1, -0.05) is 78.4 Å². The molecule has 0 radical (unpaired) electrons.